The smallest absolute Gasteiger partial charge is 0.279 e. The van der Waals surface area contributed by atoms with Crippen LogP contribution in [0.2, 0.25) is 0 Å². The average molecular weight is 264 g/mol. The third-order valence-corrected chi connectivity index (χ3v) is 4.75. The van der Waals surface area contributed by atoms with E-state index in [1.54, 1.807) is 0 Å². The van der Waals surface area contributed by atoms with Gasteiger partial charge in [-0.1, -0.05) is 0 Å². The molecule has 1 aliphatic heterocycles. The van der Waals surface area contributed by atoms with Crippen LogP contribution in [0.25, 0.3) is 0 Å². The fourth-order valence-corrected chi connectivity index (χ4v) is 3.44. The normalized spacial score (nSPS) is 24.1. The summed E-state index contributed by atoms with van der Waals surface area (Å²) in [5, 5.41) is 8.64. The number of hydrogen-bond acceptors (Lipinski definition) is 4. The van der Waals surface area contributed by atoms with Crippen LogP contribution in [0, 0.1) is 0 Å². The van der Waals surface area contributed by atoms with E-state index in [-0.39, 0.29) is 18.8 Å². The molecule has 2 rings (SSSR count). The van der Waals surface area contributed by atoms with Crippen LogP contribution >= 0.6 is 0 Å². The van der Waals surface area contributed by atoms with Crippen molar-refractivity contribution < 1.29 is 18.3 Å². The Balaban J connectivity index is 1.77. The highest BCUT2D eigenvalue weighted by molar-refractivity contribution is 7.87. The van der Waals surface area contributed by atoms with E-state index in [1.807, 2.05) is 0 Å². The Morgan fingerprint density at radius 2 is 1.88 bits per heavy atom. The number of rotatable bonds is 6. The van der Waals surface area contributed by atoms with E-state index in [2.05, 4.69) is 4.72 Å². The van der Waals surface area contributed by atoms with Crippen molar-refractivity contribution in [3.63, 3.8) is 0 Å². The highest BCUT2D eigenvalue weighted by Gasteiger charge is 2.33. The van der Waals surface area contributed by atoms with E-state index in [1.165, 1.54) is 4.31 Å². The van der Waals surface area contributed by atoms with Crippen LogP contribution < -0.4 is 4.72 Å². The van der Waals surface area contributed by atoms with Crippen LogP contribution in [-0.4, -0.2) is 56.3 Å². The summed E-state index contributed by atoms with van der Waals surface area (Å²) in [4.78, 5) is 0. The maximum Gasteiger partial charge on any atom is 0.279 e. The fraction of sp³-hybridized carbons (Fsp3) is 1.00. The molecule has 0 bridgehead atoms. The second-order valence-electron chi connectivity index (χ2n) is 4.59. The van der Waals surface area contributed by atoms with Gasteiger partial charge in [-0.2, -0.15) is 17.4 Å². The molecule has 1 saturated carbocycles. The molecule has 0 radical (unpaired) electrons. The van der Waals surface area contributed by atoms with E-state index >= 15 is 0 Å². The molecule has 0 atom stereocenters. The summed E-state index contributed by atoms with van der Waals surface area (Å²) in [6.07, 6.45) is 3.39. The van der Waals surface area contributed by atoms with Gasteiger partial charge in [0.1, 0.15) is 0 Å². The average Bonchev–Trinajstić information content (AvgIpc) is 3.10. The lowest BCUT2D eigenvalue weighted by molar-refractivity contribution is 0.00305. The van der Waals surface area contributed by atoms with E-state index in [0.29, 0.717) is 32.5 Å². The van der Waals surface area contributed by atoms with Gasteiger partial charge in [0.2, 0.25) is 0 Å². The molecule has 2 aliphatic rings. The predicted molar refractivity (Wildman–Crippen MR) is 62.7 cm³/mol. The zero-order valence-electron chi connectivity index (χ0n) is 9.84. The van der Waals surface area contributed by atoms with E-state index in [0.717, 1.165) is 12.8 Å². The van der Waals surface area contributed by atoms with Crippen LogP contribution in [0.5, 0.6) is 0 Å². The lowest BCUT2D eigenvalue weighted by Crippen LogP contribution is -2.47. The Hall–Kier alpha value is -0.210. The van der Waals surface area contributed by atoms with Crippen molar-refractivity contribution >= 4 is 10.2 Å². The predicted octanol–water partition coefficient (Wildman–Crippen LogP) is -0.543. The van der Waals surface area contributed by atoms with Crippen LogP contribution in [0.4, 0.5) is 0 Å². The minimum absolute atomic E-state index is 0.0156. The summed E-state index contributed by atoms with van der Waals surface area (Å²) in [6, 6.07) is 0.156. The zero-order valence-corrected chi connectivity index (χ0v) is 10.7. The van der Waals surface area contributed by atoms with Crippen LogP contribution in [0.15, 0.2) is 0 Å². The molecular formula is C10H20N2O4S. The highest BCUT2D eigenvalue weighted by Crippen LogP contribution is 2.22. The maximum absolute atomic E-state index is 11.9. The second-order valence-corrected chi connectivity index (χ2v) is 6.29. The van der Waals surface area contributed by atoms with E-state index in [9.17, 15) is 8.42 Å². The Labute approximate surface area is 102 Å². The summed E-state index contributed by atoms with van der Waals surface area (Å²) < 4.78 is 33.3. The van der Waals surface area contributed by atoms with Gasteiger partial charge in [-0.05, 0) is 25.7 Å². The zero-order chi connectivity index (χ0) is 12.3. The Bertz CT molecular complexity index is 334. The number of nitrogens with one attached hydrogen (secondary N) is 1. The largest absolute Gasteiger partial charge is 0.394 e. The first-order valence-corrected chi connectivity index (χ1v) is 7.55. The molecule has 17 heavy (non-hydrogen) atoms. The van der Waals surface area contributed by atoms with Crippen LogP contribution in [0.1, 0.15) is 25.7 Å². The van der Waals surface area contributed by atoms with Gasteiger partial charge in [-0.25, -0.2) is 0 Å². The molecule has 1 saturated heterocycles. The van der Waals surface area contributed by atoms with E-state index in [4.69, 9.17) is 9.84 Å². The highest BCUT2D eigenvalue weighted by atomic mass is 32.2. The van der Waals surface area contributed by atoms with Gasteiger partial charge < -0.3 is 9.84 Å². The first-order valence-electron chi connectivity index (χ1n) is 6.11. The molecule has 0 aromatic rings. The van der Waals surface area contributed by atoms with Crippen LogP contribution in [0.3, 0.4) is 0 Å². The number of ether oxygens (including phenoxy) is 1. The molecule has 0 spiro atoms. The monoisotopic (exact) mass is 264 g/mol. The van der Waals surface area contributed by atoms with Gasteiger partial charge in [0.15, 0.2) is 0 Å². The first kappa shape index (κ1) is 13.2. The first-order chi connectivity index (χ1) is 8.12. The number of nitrogens with zero attached hydrogens (tertiary/aromatic N) is 1. The molecule has 100 valence electrons. The Kier molecular flexibility index (Phi) is 4.37. The fourth-order valence-electron chi connectivity index (χ4n) is 1.94. The summed E-state index contributed by atoms with van der Waals surface area (Å²) in [5.74, 6) is 0. The van der Waals surface area contributed by atoms with Gasteiger partial charge in [-0.15, -0.1) is 0 Å². The summed E-state index contributed by atoms with van der Waals surface area (Å²) in [7, 11) is -3.29. The minimum atomic E-state index is -3.29. The molecule has 0 amide bonds. The van der Waals surface area contributed by atoms with Gasteiger partial charge in [0, 0.05) is 19.1 Å². The molecule has 1 heterocycles. The number of piperidine rings is 1. The maximum atomic E-state index is 11.9. The molecular weight excluding hydrogens is 244 g/mol. The summed E-state index contributed by atoms with van der Waals surface area (Å²) in [5.41, 5.74) is 0. The number of hydrogen-bond donors (Lipinski definition) is 2. The van der Waals surface area contributed by atoms with Crippen molar-refractivity contribution in [2.45, 2.75) is 37.8 Å². The summed E-state index contributed by atoms with van der Waals surface area (Å²) >= 11 is 0. The lowest BCUT2D eigenvalue weighted by atomic mass is 10.1. The number of aliphatic hydroxyl groups is 1. The van der Waals surface area contributed by atoms with Crippen molar-refractivity contribution in [3.8, 4) is 0 Å². The molecule has 0 aromatic carbocycles. The van der Waals surface area contributed by atoms with E-state index < -0.39 is 10.2 Å². The number of aliphatic hydroxyl groups excluding tert-OH is 1. The SMILES string of the molecule is O=S(=O)(NC1CC1)N1CCC(OCCO)CC1. The van der Waals surface area contributed by atoms with Crippen molar-refractivity contribution in [2.24, 2.45) is 0 Å². The van der Waals surface area contributed by atoms with Crippen LogP contribution in [-0.2, 0) is 14.9 Å². The topological polar surface area (TPSA) is 78.9 Å². The molecule has 2 fully saturated rings. The van der Waals surface area contributed by atoms with Crippen molar-refractivity contribution in [3.05, 3.63) is 0 Å². The van der Waals surface area contributed by atoms with Crippen molar-refractivity contribution in [2.75, 3.05) is 26.3 Å². The molecule has 2 N–H and O–H groups in total. The molecule has 0 unspecified atom stereocenters. The van der Waals surface area contributed by atoms with Crippen molar-refractivity contribution in [1.82, 2.24) is 9.03 Å². The minimum Gasteiger partial charge on any atom is -0.394 e. The Morgan fingerprint density at radius 3 is 2.41 bits per heavy atom. The van der Waals surface area contributed by atoms with Gasteiger partial charge in [0.05, 0.1) is 19.3 Å². The molecule has 7 heteroatoms. The Morgan fingerprint density at radius 1 is 1.24 bits per heavy atom. The van der Waals surface area contributed by atoms with Gasteiger partial charge in [-0.3, -0.25) is 0 Å². The third-order valence-electron chi connectivity index (χ3n) is 3.08. The van der Waals surface area contributed by atoms with Gasteiger partial charge in [0.25, 0.3) is 10.2 Å². The molecule has 6 nitrogen and oxygen atoms in total. The standard InChI is InChI=1S/C10H20N2O4S/c13-7-8-16-10-3-5-12(6-4-10)17(14,15)11-9-1-2-9/h9-11,13H,1-8H2. The van der Waals surface area contributed by atoms with Gasteiger partial charge >= 0.3 is 0 Å². The lowest BCUT2D eigenvalue weighted by Gasteiger charge is -2.31. The molecule has 1 aliphatic carbocycles. The quantitative estimate of drug-likeness (QED) is 0.675. The second kappa shape index (κ2) is 5.62. The molecule has 0 aromatic heterocycles. The third kappa shape index (κ3) is 3.89. The van der Waals surface area contributed by atoms with Crippen molar-refractivity contribution in [1.29, 1.82) is 0 Å². The summed E-state index contributed by atoms with van der Waals surface area (Å²) in [6.45, 7) is 1.34.